The van der Waals surface area contributed by atoms with E-state index in [1.807, 2.05) is 0 Å². The highest BCUT2D eigenvalue weighted by atomic mass is 15.0. The fourth-order valence-electron chi connectivity index (χ4n) is 3.80. The molecule has 1 nitrogen and oxygen atoms in total. The lowest BCUT2D eigenvalue weighted by molar-refractivity contribution is 1.06. The van der Waals surface area contributed by atoms with E-state index in [1.165, 1.54) is 44.2 Å². The van der Waals surface area contributed by atoms with Crippen LogP contribution in [0.5, 0.6) is 0 Å². The van der Waals surface area contributed by atoms with Crippen LogP contribution >= 0.6 is 0 Å². The van der Waals surface area contributed by atoms with Gasteiger partial charge in [-0.15, -0.1) is 0 Å². The Morgan fingerprint density at radius 3 is 2.42 bits per heavy atom. The maximum Gasteiger partial charge on any atom is 0.0544 e. The van der Waals surface area contributed by atoms with E-state index in [0.29, 0.717) is 0 Å². The second-order valence-corrected chi connectivity index (χ2v) is 6.49. The zero-order valence-electron chi connectivity index (χ0n) is 14.6. The summed E-state index contributed by atoms with van der Waals surface area (Å²) in [7, 11) is 0. The number of fused-ring (bicyclic) bond motifs is 3. The maximum atomic E-state index is 2.45. The SMILES string of the molecule is CCc1ccc2c3c(C)cccc3n(-c3ccccc3CC)c2c1. The van der Waals surface area contributed by atoms with Gasteiger partial charge in [0.2, 0.25) is 0 Å². The summed E-state index contributed by atoms with van der Waals surface area (Å²) >= 11 is 0. The first-order chi connectivity index (χ1) is 11.7. The molecule has 1 heterocycles. The fraction of sp³-hybridized carbons (Fsp3) is 0.217. The summed E-state index contributed by atoms with van der Waals surface area (Å²) in [4.78, 5) is 0. The molecule has 24 heavy (non-hydrogen) atoms. The molecule has 0 unspecified atom stereocenters. The van der Waals surface area contributed by atoms with Crippen molar-refractivity contribution < 1.29 is 0 Å². The Morgan fingerprint density at radius 2 is 1.62 bits per heavy atom. The van der Waals surface area contributed by atoms with Gasteiger partial charge in [0.05, 0.1) is 11.0 Å². The molecule has 0 aliphatic carbocycles. The summed E-state index contributed by atoms with van der Waals surface area (Å²) in [6.07, 6.45) is 2.10. The Hall–Kier alpha value is -2.54. The Bertz CT molecular complexity index is 1040. The van der Waals surface area contributed by atoms with Gasteiger partial charge in [0.15, 0.2) is 0 Å². The van der Waals surface area contributed by atoms with Crippen LogP contribution in [0.1, 0.15) is 30.5 Å². The van der Waals surface area contributed by atoms with E-state index in [0.717, 1.165) is 12.8 Å². The number of aryl methyl sites for hydroxylation is 3. The summed E-state index contributed by atoms with van der Waals surface area (Å²) < 4.78 is 2.45. The van der Waals surface area contributed by atoms with Crippen LogP contribution < -0.4 is 0 Å². The first-order valence-corrected chi connectivity index (χ1v) is 8.85. The second-order valence-electron chi connectivity index (χ2n) is 6.49. The van der Waals surface area contributed by atoms with Crippen LogP contribution in [-0.2, 0) is 12.8 Å². The molecule has 0 atom stereocenters. The molecule has 0 spiro atoms. The molecule has 0 saturated carbocycles. The molecule has 0 aliphatic heterocycles. The van der Waals surface area contributed by atoms with E-state index in [2.05, 4.69) is 86.0 Å². The number of hydrogen-bond donors (Lipinski definition) is 0. The standard InChI is InChI=1S/C23H23N/c1-4-17-13-14-19-22(15-17)24(20-11-7-6-10-18(20)5-2)21-12-8-9-16(3)23(19)21/h6-15H,4-5H2,1-3H3. The third-order valence-corrected chi connectivity index (χ3v) is 5.09. The second kappa shape index (κ2) is 5.83. The first-order valence-electron chi connectivity index (χ1n) is 8.85. The average Bonchev–Trinajstić information content (AvgIpc) is 2.96. The molecular weight excluding hydrogens is 290 g/mol. The zero-order valence-corrected chi connectivity index (χ0v) is 14.6. The summed E-state index contributed by atoms with van der Waals surface area (Å²) in [5.41, 5.74) is 8.05. The molecule has 0 amide bonds. The highest BCUT2D eigenvalue weighted by Gasteiger charge is 2.15. The van der Waals surface area contributed by atoms with E-state index >= 15 is 0 Å². The normalized spacial score (nSPS) is 11.5. The average molecular weight is 313 g/mol. The predicted molar refractivity (Wildman–Crippen MR) is 104 cm³/mol. The van der Waals surface area contributed by atoms with Crippen molar-refractivity contribution in [2.75, 3.05) is 0 Å². The van der Waals surface area contributed by atoms with Gasteiger partial charge in [-0.05, 0) is 54.7 Å². The molecule has 120 valence electrons. The van der Waals surface area contributed by atoms with Gasteiger partial charge in [-0.2, -0.15) is 0 Å². The summed E-state index contributed by atoms with van der Waals surface area (Å²) in [6.45, 7) is 6.67. The molecule has 1 aromatic heterocycles. The van der Waals surface area contributed by atoms with Crippen LogP contribution in [0, 0.1) is 6.92 Å². The molecule has 0 bridgehead atoms. The molecule has 3 aromatic carbocycles. The van der Waals surface area contributed by atoms with Gasteiger partial charge >= 0.3 is 0 Å². The van der Waals surface area contributed by atoms with Gasteiger partial charge in [-0.1, -0.05) is 56.3 Å². The summed E-state index contributed by atoms with van der Waals surface area (Å²) in [6, 6.07) is 22.3. The Kier molecular flexibility index (Phi) is 3.65. The van der Waals surface area contributed by atoms with E-state index in [-0.39, 0.29) is 0 Å². The minimum atomic E-state index is 1.04. The van der Waals surface area contributed by atoms with Crippen molar-refractivity contribution in [2.24, 2.45) is 0 Å². The number of nitrogens with zero attached hydrogens (tertiary/aromatic N) is 1. The van der Waals surface area contributed by atoms with Crippen molar-refractivity contribution in [2.45, 2.75) is 33.6 Å². The van der Waals surface area contributed by atoms with Gasteiger partial charge in [0, 0.05) is 16.5 Å². The van der Waals surface area contributed by atoms with Gasteiger partial charge in [0.25, 0.3) is 0 Å². The molecule has 0 fully saturated rings. The van der Waals surface area contributed by atoms with Crippen molar-refractivity contribution in [1.29, 1.82) is 0 Å². The van der Waals surface area contributed by atoms with Crippen LogP contribution in [-0.4, -0.2) is 4.57 Å². The van der Waals surface area contributed by atoms with E-state index in [4.69, 9.17) is 0 Å². The van der Waals surface area contributed by atoms with Crippen molar-refractivity contribution in [3.8, 4) is 5.69 Å². The molecule has 1 heteroatoms. The lowest BCUT2D eigenvalue weighted by Gasteiger charge is -2.13. The van der Waals surface area contributed by atoms with E-state index in [9.17, 15) is 0 Å². The number of benzene rings is 3. The first kappa shape index (κ1) is 15.0. The largest absolute Gasteiger partial charge is 0.309 e. The molecule has 4 aromatic rings. The quantitative estimate of drug-likeness (QED) is 0.423. The minimum absolute atomic E-state index is 1.04. The molecular formula is C23H23N. The van der Waals surface area contributed by atoms with Gasteiger partial charge < -0.3 is 4.57 Å². The third kappa shape index (κ3) is 2.16. The van der Waals surface area contributed by atoms with Gasteiger partial charge in [0.1, 0.15) is 0 Å². The highest BCUT2D eigenvalue weighted by Crippen LogP contribution is 2.35. The Labute approximate surface area is 143 Å². The van der Waals surface area contributed by atoms with Gasteiger partial charge in [-0.25, -0.2) is 0 Å². The zero-order chi connectivity index (χ0) is 16.7. The van der Waals surface area contributed by atoms with Crippen LogP contribution in [0.2, 0.25) is 0 Å². The smallest absolute Gasteiger partial charge is 0.0544 e. The number of para-hydroxylation sites is 1. The summed E-state index contributed by atoms with van der Waals surface area (Å²) in [5, 5.41) is 2.73. The van der Waals surface area contributed by atoms with Crippen molar-refractivity contribution >= 4 is 21.8 Å². The number of aromatic nitrogens is 1. The maximum absolute atomic E-state index is 2.45. The monoisotopic (exact) mass is 313 g/mol. The molecule has 0 N–H and O–H groups in total. The molecule has 0 aliphatic rings. The lowest BCUT2D eigenvalue weighted by atomic mass is 10.1. The Morgan fingerprint density at radius 1 is 0.792 bits per heavy atom. The van der Waals surface area contributed by atoms with Crippen LogP contribution in [0.15, 0.2) is 60.7 Å². The van der Waals surface area contributed by atoms with E-state index in [1.54, 1.807) is 0 Å². The van der Waals surface area contributed by atoms with Crippen LogP contribution in [0.3, 0.4) is 0 Å². The lowest BCUT2D eigenvalue weighted by Crippen LogP contribution is -1.99. The van der Waals surface area contributed by atoms with Crippen molar-refractivity contribution in [3.63, 3.8) is 0 Å². The fourth-order valence-corrected chi connectivity index (χ4v) is 3.80. The predicted octanol–water partition coefficient (Wildman–Crippen LogP) is 6.22. The van der Waals surface area contributed by atoms with Crippen molar-refractivity contribution in [3.05, 3.63) is 77.4 Å². The van der Waals surface area contributed by atoms with E-state index < -0.39 is 0 Å². The third-order valence-electron chi connectivity index (χ3n) is 5.09. The number of rotatable bonds is 3. The van der Waals surface area contributed by atoms with Crippen molar-refractivity contribution in [1.82, 2.24) is 4.57 Å². The van der Waals surface area contributed by atoms with Crippen LogP contribution in [0.4, 0.5) is 0 Å². The minimum Gasteiger partial charge on any atom is -0.309 e. The Balaban J connectivity index is 2.21. The summed E-state index contributed by atoms with van der Waals surface area (Å²) in [5.74, 6) is 0. The van der Waals surface area contributed by atoms with Gasteiger partial charge in [-0.3, -0.25) is 0 Å². The highest BCUT2D eigenvalue weighted by molar-refractivity contribution is 6.11. The van der Waals surface area contributed by atoms with Crippen LogP contribution in [0.25, 0.3) is 27.5 Å². The molecule has 4 rings (SSSR count). The molecule has 0 radical (unpaired) electrons. The number of hydrogen-bond acceptors (Lipinski definition) is 0. The topological polar surface area (TPSA) is 4.93 Å². The molecule has 0 saturated heterocycles.